The van der Waals surface area contributed by atoms with Crippen molar-refractivity contribution in [3.8, 4) is 0 Å². The molecule has 0 amide bonds. The Bertz CT molecular complexity index is 690. The van der Waals surface area contributed by atoms with E-state index in [4.69, 9.17) is 0 Å². The number of allylic oxidation sites excluding steroid dienone is 1. The molecule has 0 bridgehead atoms. The van der Waals surface area contributed by atoms with Crippen molar-refractivity contribution in [1.82, 2.24) is 0 Å². The molecule has 2 aromatic carbocycles. The summed E-state index contributed by atoms with van der Waals surface area (Å²) in [6.07, 6.45) is 5.64. The number of aryl methyl sites for hydroxylation is 2. The molecule has 25 heavy (non-hydrogen) atoms. The van der Waals surface area contributed by atoms with Crippen molar-refractivity contribution in [1.29, 1.82) is 0 Å². The highest BCUT2D eigenvalue weighted by molar-refractivity contribution is 7.89. The summed E-state index contributed by atoms with van der Waals surface area (Å²) in [4.78, 5) is 1.40. The van der Waals surface area contributed by atoms with Gasteiger partial charge in [-0.25, -0.2) is 4.21 Å². The molecule has 0 saturated carbocycles. The summed E-state index contributed by atoms with van der Waals surface area (Å²) in [7, 11) is -1.31. The highest BCUT2D eigenvalue weighted by Gasteiger charge is 2.18. The summed E-state index contributed by atoms with van der Waals surface area (Å²) >= 11 is 0. The third-order valence-electron chi connectivity index (χ3n) is 4.23. The van der Waals surface area contributed by atoms with Crippen LogP contribution in [0.15, 0.2) is 70.5 Å². The number of aliphatic hydroxyl groups excluding tert-OH is 1. The van der Waals surface area contributed by atoms with Gasteiger partial charge < -0.3 is 5.11 Å². The lowest BCUT2D eigenvalue weighted by molar-refractivity contribution is 0.208. The van der Waals surface area contributed by atoms with Crippen LogP contribution in [0.25, 0.3) is 0 Å². The van der Waals surface area contributed by atoms with Crippen LogP contribution in [-0.4, -0.2) is 15.4 Å². The second-order valence-corrected chi connectivity index (χ2v) is 7.85. The van der Waals surface area contributed by atoms with Gasteiger partial charge in [-0.05, 0) is 43.9 Å². The minimum atomic E-state index is -1.31. The van der Waals surface area contributed by atoms with Gasteiger partial charge in [0.05, 0.1) is 16.9 Å². The maximum Gasteiger partial charge on any atom is 0.0877 e. The van der Waals surface area contributed by atoms with Gasteiger partial charge in [0.15, 0.2) is 0 Å². The van der Waals surface area contributed by atoms with Crippen molar-refractivity contribution in [3.63, 3.8) is 0 Å². The zero-order chi connectivity index (χ0) is 18.1. The van der Waals surface area contributed by atoms with E-state index in [1.807, 2.05) is 55.5 Å². The summed E-state index contributed by atoms with van der Waals surface area (Å²) in [5, 5.41) is 10.7. The number of hydrogen-bond donors (Lipinski definition) is 1. The number of aliphatic hydroxyl groups is 1. The van der Waals surface area contributed by atoms with Crippen LogP contribution >= 0.6 is 0 Å². The lowest BCUT2D eigenvalue weighted by Crippen LogP contribution is -2.16. The van der Waals surface area contributed by atoms with Crippen molar-refractivity contribution in [2.24, 2.45) is 0 Å². The molecule has 0 aliphatic heterocycles. The first-order chi connectivity index (χ1) is 12.1. The number of unbranched alkanes of at least 4 members (excludes halogenated alkanes) is 2. The van der Waals surface area contributed by atoms with Crippen LogP contribution in [0, 0.1) is 6.92 Å². The Morgan fingerprint density at radius 2 is 1.80 bits per heavy atom. The second-order valence-electron chi connectivity index (χ2n) is 6.37. The zero-order valence-electron chi connectivity index (χ0n) is 15.2. The predicted molar refractivity (Wildman–Crippen MR) is 106 cm³/mol. The molecule has 2 atom stereocenters. The Morgan fingerprint density at radius 1 is 1.12 bits per heavy atom. The first-order valence-corrected chi connectivity index (χ1v) is 10.2. The molecule has 2 aromatic rings. The van der Waals surface area contributed by atoms with Gasteiger partial charge in [-0.3, -0.25) is 0 Å². The van der Waals surface area contributed by atoms with Crippen LogP contribution in [0.2, 0.25) is 0 Å². The lowest BCUT2D eigenvalue weighted by Gasteiger charge is -2.15. The van der Waals surface area contributed by atoms with Gasteiger partial charge in [-0.1, -0.05) is 73.9 Å². The summed E-state index contributed by atoms with van der Waals surface area (Å²) in [6, 6.07) is 17.8. The fourth-order valence-electron chi connectivity index (χ4n) is 2.67. The molecular formula is C22H28O2S. The van der Waals surface area contributed by atoms with Gasteiger partial charge in [-0.15, -0.1) is 0 Å². The molecule has 0 spiro atoms. The van der Waals surface area contributed by atoms with E-state index in [1.165, 1.54) is 5.56 Å². The monoisotopic (exact) mass is 356 g/mol. The van der Waals surface area contributed by atoms with E-state index in [9.17, 15) is 9.32 Å². The van der Waals surface area contributed by atoms with Crippen molar-refractivity contribution in [2.45, 2.75) is 57.0 Å². The zero-order valence-corrected chi connectivity index (χ0v) is 16.0. The van der Waals surface area contributed by atoms with Crippen molar-refractivity contribution >= 4 is 10.8 Å². The van der Waals surface area contributed by atoms with E-state index >= 15 is 0 Å². The predicted octanol–water partition coefficient (Wildman–Crippen LogP) is 5.17. The summed E-state index contributed by atoms with van der Waals surface area (Å²) in [5.41, 5.74) is 2.33. The van der Waals surface area contributed by atoms with Gasteiger partial charge in [0.2, 0.25) is 0 Å². The van der Waals surface area contributed by atoms with Crippen molar-refractivity contribution < 1.29 is 9.32 Å². The number of hydrogen-bond acceptors (Lipinski definition) is 2. The van der Waals surface area contributed by atoms with Crippen LogP contribution in [0.4, 0.5) is 0 Å². The molecule has 2 unspecified atom stereocenters. The van der Waals surface area contributed by atoms with Gasteiger partial charge in [-0.2, -0.15) is 0 Å². The van der Waals surface area contributed by atoms with E-state index in [0.29, 0.717) is 11.3 Å². The van der Waals surface area contributed by atoms with Crippen LogP contribution in [0.1, 0.15) is 43.7 Å². The molecular weight excluding hydrogens is 328 g/mol. The highest BCUT2D eigenvalue weighted by atomic mass is 32.2. The number of benzene rings is 2. The molecule has 2 nitrogen and oxygen atoms in total. The number of rotatable bonds is 9. The average molecular weight is 357 g/mol. The molecule has 2 rings (SSSR count). The van der Waals surface area contributed by atoms with Gasteiger partial charge >= 0.3 is 0 Å². The standard InChI is InChI=1S/C22H28O2S/c1-3-4-6-11-22(25(24)20-15-12-18(2)13-16-20)21(23)17-14-19-9-7-5-8-10-19/h5,7-13,15-16,21,23H,3-4,6,14,17H2,1-2H3/b22-11-. The summed E-state index contributed by atoms with van der Waals surface area (Å²) in [6.45, 7) is 4.15. The van der Waals surface area contributed by atoms with E-state index < -0.39 is 16.9 Å². The molecule has 0 aromatic heterocycles. The molecule has 0 heterocycles. The molecule has 0 aliphatic rings. The smallest absolute Gasteiger partial charge is 0.0877 e. The van der Waals surface area contributed by atoms with Crippen LogP contribution in [0.5, 0.6) is 0 Å². The van der Waals surface area contributed by atoms with Gasteiger partial charge in [0.25, 0.3) is 0 Å². The SMILES string of the molecule is CCCC/C=C(/C(O)CCc1ccccc1)S(=O)c1ccc(C)cc1. The van der Waals surface area contributed by atoms with Gasteiger partial charge in [0.1, 0.15) is 0 Å². The molecule has 0 fully saturated rings. The highest BCUT2D eigenvalue weighted by Crippen LogP contribution is 2.22. The van der Waals surface area contributed by atoms with Crippen molar-refractivity contribution in [3.05, 3.63) is 76.7 Å². The summed E-state index contributed by atoms with van der Waals surface area (Å²) in [5.74, 6) is 0. The van der Waals surface area contributed by atoms with Crippen LogP contribution in [0.3, 0.4) is 0 Å². The molecule has 3 heteroatoms. The first kappa shape index (κ1) is 19.6. The molecule has 134 valence electrons. The Kier molecular flexibility index (Phi) is 8.10. The van der Waals surface area contributed by atoms with Crippen molar-refractivity contribution in [2.75, 3.05) is 0 Å². The lowest BCUT2D eigenvalue weighted by atomic mass is 10.1. The maximum atomic E-state index is 13.0. The largest absolute Gasteiger partial charge is 0.388 e. The fraction of sp³-hybridized carbons (Fsp3) is 0.364. The summed E-state index contributed by atoms with van der Waals surface area (Å²) < 4.78 is 13.0. The maximum absolute atomic E-state index is 13.0. The molecule has 0 saturated heterocycles. The topological polar surface area (TPSA) is 37.3 Å². The molecule has 1 N–H and O–H groups in total. The van der Waals surface area contributed by atoms with E-state index in [-0.39, 0.29) is 0 Å². The first-order valence-electron chi connectivity index (χ1n) is 9.02. The van der Waals surface area contributed by atoms with Crippen LogP contribution in [-0.2, 0) is 17.2 Å². The fourth-order valence-corrected chi connectivity index (χ4v) is 3.96. The minimum Gasteiger partial charge on any atom is -0.388 e. The average Bonchev–Trinajstić information content (AvgIpc) is 2.64. The van der Waals surface area contributed by atoms with Gasteiger partial charge in [0, 0.05) is 9.80 Å². The molecule has 0 radical (unpaired) electrons. The third kappa shape index (κ3) is 6.26. The quantitative estimate of drug-likeness (QED) is 0.629. The molecule has 0 aliphatic carbocycles. The third-order valence-corrected chi connectivity index (χ3v) is 5.80. The van der Waals surface area contributed by atoms with Crippen LogP contribution < -0.4 is 0 Å². The Morgan fingerprint density at radius 3 is 2.44 bits per heavy atom. The Labute approximate surface area is 154 Å². The Hall–Kier alpha value is -1.71. The Balaban J connectivity index is 2.12. The van der Waals surface area contributed by atoms with E-state index in [1.54, 1.807) is 0 Å². The minimum absolute atomic E-state index is 0.583. The van der Waals surface area contributed by atoms with E-state index in [2.05, 4.69) is 19.1 Å². The normalized spacial score (nSPS) is 14.3. The van der Waals surface area contributed by atoms with E-state index in [0.717, 1.165) is 36.1 Å². The second kappa shape index (κ2) is 10.3.